The van der Waals surface area contributed by atoms with Crippen LogP contribution in [-0.4, -0.2) is 42.7 Å². The maximum Gasteiger partial charge on any atom is 0.336 e. The number of benzene rings is 3. The number of carboxylic acids is 1. The smallest absolute Gasteiger partial charge is 0.336 e. The van der Waals surface area contributed by atoms with Crippen molar-refractivity contribution < 1.29 is 28.6 Å². The summed E-state index contributed by atoms with van der Waals surface area (Å²) in [5, 5.41) is 10.6. The number of hydrogen-bond acceptors (Lipinski definition) is 4. The predicted octanol–water partition coefficient (Wildman–Crippen LogP) is 8.05. The highest BCUT2D eigenvalue weighted by Gasteiger charge is 2.29. The third-order valence-electron chi connectivity index (χ3n) is 7.36. The first-order valence-corrected chi connectivity index (χ1v) is 14.3. The molecule has 0 spiro atoms. The first-order valence-electron chi connectivity index (χ1n) is 13.5. The van der Waals surface area contributed by atoms with E-state index in [4.69, 9.17) is 32.7 Å². The molecular weight excluding hydrogens is 568 g/mol. The summed E-state index contributed by atoms with van der Waals surface area (Å²) in [6, 6.07) is 17.4. The average Bonchev–Trinajstić information content (AvgIpc) is 2.96. The Hall–Kier alpha value is -2.97. The number of carboxylic acid groups (broad SMARTS) is 1. The van der Waals surface area contributed by atoms with Crippen LogP contribution in [0.3, 0.4) is 0 Å². The van der Waals surface area contributed by atoms with E-state index in [1.807, 2.05) is 36.4 Å². The molecule has 1 N–H and O–H groups in total. The zero-order valence-corrected chi connectivity index (χ0v) is 25.0. The van der Waals surface area contributed by atoms with E-state index in [2.05, 4.69) is 6.92 Å². The second kappa shape index (κ2) is 15.9. The topological polar surface area (TPSA) is 76.1 Å². The number of nitrogens with zero attached hydrogens (tertiary/aromatic N) is 1. The van der Waals surface area contributed by atoms with Crippen molar-refractivity contribution in [3.8, 4) is 0 Å². The molecule has 3 aromatic rings. The van der Waals surface area contributed by atoms with Gasteiger partial charge in [-0.15, -0.1) is 0 Å². The zero-order valence-electron chi connectivity index (χ0n) is 23.5. The van der Waals surface area contributed by atoms with E-state index in [0.29, 0.717) is 23.5 Å². The molecule has 9 heteroatoms. The normalized spacial score (nSPS) is 14.9. The molecule has 0 bridgehead atoms. The van der Waals surface area contributed by atoms with Crippen LogP contribution in [0.2, 0.25) is 10.0 Å². The Morgan fingerprint density at radius 2 is 1.80 bits per heavy atom. The number of rotatable bonds is 10. The summed E-state index contributed by atoms with van der Waals surface area (Å²) in [6.07, 6.45) is 2.32. The largest absolute Gasteiger partial charge is 0.478 e. The molecule has 220 valence electrons. The van der Waals surface area contributed by atoms with Crippen LogP contribution in [0.4, 0.5) is 4.39 Å². The molecule has 0 aliphatic carbocycles. The summed E-state index contributed by atoms with van der Waals surface area (Å²) in [4.78, 5) is 24.9. The average molecular weight is 605 g/mol. The van der Waals surface area contributed by atoms with Gasteiger partial charge in [0, 0.05) is 42.5 Å². The van der Waals surface area contributed by atoms with Crippen LogP contribution in [0.1, 0.15) is 70.9 Å². The highest BCUT2D eigenvalue weighted by atomic mass is 35.5. The van der Waals surface area contributed by atoms with Gasteiger partial charge in [-0.05, 0) is 85.0 Å². The van der Waals surface area contributed by atoms with Gasteiger partial charge in [-0.1, -0.05) is 60.5 Å². The standard InChI is InChI=1S/C26H31ClFNO5.C6H5Cl/c1-4-21(17-7-9-34-10-8-17)19-11-16(2)24(23(28)12-19)25(33-3)29(15-30)14-18-5-6-20(27)13-22(18)26(31)32;7-6-4-2-1-3-5-6/h5-6,11-13,15,17,21,25H,4,7-10,14H2,1-3H3,(H,31,32);1-5H/t21?,25-;/m1./s1. The second-order valence-corrected chi connectivity index (χ2v) is 10.8. The molecule has 3 aromatic carbocycles. The van der Waals surface area contributed by atoms with E-state index in [0.717, 1.165) is 43.1 Å². The summed E-state index contributed by atoms with van der Waals surface area (Å²) < 4.78 is 26.6. The first-order chi connectivity index (χ1) is 19.7. The van der Waals surface area contributed by atoms with Crippen LogP contribution in [0, 0.1) is 18.7 Å². The van der Waals surface area contributed by atoms with Gasteiger partial charge in [0.1, 0.15) is 5.82 Å². The van der Waals surface area contributed by atoms with Gasteiger partial charge in [0.2, 0.25) is 6.41 Å². The summed E-state index contributed by atoms with van der Waals surface area (Å²) in [7, 11) is 1.39. The molecular formula is C32H36Cl2FNO5. The van der Waals surface area contributed by atoms with Crippen LogP contribution >= 0.6 is 23.2 Å². The number of ether oxygens (including phenoxy) is 2. The molecule has 1 fully saturated rings. The van der Waals surface area contributed by atoms with Crippen molar-refractivity contribution in [3.63, 3.8) is 0 Å². The van der Waals surface area contributed by atoms with Gasteiger partial charge < -0.3 is 19.5 Å². The number of carbonyl (C=O) groups excluding carboxylic acids is 1. The van der Waals surface area contributed by atoms with Gasteiger partial charge in [0.25, 0.3) is 0 Å². The minimum absolute atomic E-state index is 0.0241. The number of aromatic carboxylic acids is 1. The minimum atomic E-state index is -1.16. The van der Waals surface area contributed by atoms with Crippen LogP contribution in [0.5, 0.6) is 0 Å². The molecule has 1 unspecified atom stereocenters. The van der Waals surface area contributed by atoms with Gasteiger partial charge in [-0.3, -0.25) is 4.79 Å². The lowest BCUT2D eigenvalue weighted by molar-refractivity contribution is -0.132. The molecule has 2 atom stereocenters. The van der Waals surface area contributed by atoms with E-state index in [-0.39, 0.29) is 28.6 Å². The van der Waals surface area contributed by atoms with Crippen LogP contribution in [0.15, 0.2) is 60.7 Å². The number of methoxy groups -OCH3 is 1. The quantitative estimate of drug-likeness (QED) is 0.187. The number of amides is 1. The Morgan fingerprint density at radius 1 is 1.12 bits per heavy atom. The van der Waals surface area contributed by atoms with Crippen molar-refractivity contribution in [2.45, 2.75) is 51.8 Å². The van der Waals surface area contributed by atoms with Crippen LogP contribution in [-0.2, 0) is 20.8 Å². The van der Waals surface area contributed by atoms with Crippen molar-refractivity contribution in [3.05, 3.63) is 104 Å². The third kappa shape index (κ3) is 8.76. The fraction of sp³-hybridized carbons (Fsp3) is 0.375. The maximum absolute atomic E-state index is 15.5. The summed E-state index contributed by atoms with van der Waals surface area (Å²) >= 11 is 11.5. The molecule has 0 radical (unpaired) electrons. The van der Waals surface area contributed by atoms with Gasteiger partial charge in [-0.2, -0.15) is 0 Å². The van der Waals surface area contributed by atoms with Gasteiger partial charge in [0.05, 0.1) is 5.56 Å². The van der Waals surface area contributed by atoms with E-state index in [9.17, 15) is 14.7 Å². The Bertz CT molecular complexity index is 1280. The highest BCUT2D eigenvalue weighted by Crippen LogP contribution is 2.38. The van der Waals surface area contributed by atoms with Crippen molar-refractivity contribution >= 4 is 35.6 Å². The molecule has 6 nitrogen and oxygen atoms in total. The summed E-state index contributed by atoms with van der Waals surface area (Å²) in [6.45, 7) is 5.28. The molecule has 1 aliphatic rings. The Balaban J connectivity index is 0.000000575. The Labute approximate surface area is 251 Å². The van der Waals surface area contributed by atoms with Gasteiger partial charge in [-0.25, -0.2) is 9.18 Å². The molecule has 0 saturated carbocycles. The Morgan fingerprint density at radius 3 is 2.32 bits per heavy atom. The monoisotopic (exact) mass is 603 g/mol. The summed E-state index contributed by atoms with van der Waals surface area (Å²) in [5.41, 5.74) is 2.21. The summed E-state index contributed by atoms with van der Waals surface area (Å²) in [5.74, 6) is -0.953. The lowest BCUT2D eigenvalue weighted by Crippen LogP contribution is -2.30. The van der Waals surface area contributed by atoms with Gasteiger partial charge >= 0.3 is 5.97 Å². The molecule has 1 amide bonds. The fourth-order valence-electron chi connectivity index (χ4n) is 5.36. The molecule has 1 heterocycles. The van der Waals surface area contributed by atoms with E-state index in [1.54, 1.807) is 25.1 Å². The van der Waals surface area contributed by atoms with Crippen LogP contribution in [0.25, 0.3) is 0 Å². The molecule has 4 rings (SSSR count). The van der Waals surface area contributed by atoms with E-state index in [1.165, 1.54) is 18.1 Å². The number of carbonyl (C=O) groups is 2. The lowest BCUT2D eigenvalue weighted by Gasteiger charge is -2.32. The van der Waals surface area contributed by atoms with Gasteiger partial charge in [0.15, 0.2) is 6.23 Å². The number of halogens is 3. The zero-order chi connectivity index (χ0) is 29.9. The second-order valence-electron chi connectivity index (χ2n) is 9.97. The third-order valence-corrected chi connectivity index (χ3v) is 7.84. The molecule has 0 aromatic heterocycles. The lowest BCUT2D eigenvalue weighted by atomic mass is 9.79. The minimum Gasteiger partial charge on any atom is -0.478 e. The fourth-order valence-corrected chi connectivity index (χ4v) is 5.68. The number of aryl methyl sites for hydroxylation is 1. The van der Waals surface area contributed by atoms with Crippen molar-refractivity contribution in [1.82, 2.24) is 4.90 Å². The first kappa shape index (κ1) is 32.5. The SMILES string of the molecule is CCC(c1cc(C)c([C@@H](OC)N(C=O)Cc2ccc(Cl)cc2C(=O)O)c(F)c1)C1CCOCC1.Clc1ccccc1. The number of hydrogen-bond donors (Lipinski definition) is 1. The predicted molar refractivity (Wildman–Crippen MR) is 159 cm³/mol. The molecule has 1 saturated heterocycles. The van der Waals surface area contributed by atoms with Crippen molar-refractivity contribution in [2.75, 3.05) is 20.3 Å². The molecule has 41 heavy (non-hydrogen) atoms. The van der Waals surface area contributed by atoms with Crippen molar-refractivity contribution in [2.24, 2.45) is 5.92 Å². The Kier molecular flexibility index (Phi) is 12.6. The van der Waals surface area contributed by atoms with E-state index < -0.39 is 18.0 Å². The van der Waals surface area contributed by atoms with Crippen LogP contribution < -0.4 is 0 Å². The van der Waals surface area contributed by atoms with E-state index >= 15 is 4.39 Å². The maximum atomic E-state index is 15.5. The van der Waals surface area contributed by atoms with Crippen molar-refractivity contribution in [1.29, 1.82) is 0 Å². The highest BCUT2D eigenvalue weighted by molar-refractivity contribution is 6.31. The molecule has 1 aliphatic heterocycles.